The van der Waals surface area contributed by atoms with Crippen LogP contribution >= 0.6 is 0 Å². The Balaban J connectivity index is 1.95. The summed E-state index contributed by atoms with van der Waals surface area (Å²) in [5, 5.41) is 11.6. The monoisotopic (exact) mass is 543 g/mol. The van der Waals surface area contributed by atoms with Gasteiger partial charge in [-0.25, -0.2) is 4.79 Å². The summed E-state index contributed by atoms with van der Waals surface area (Å²) in [6.45, 7) is 8.45. The fourth-order valence-electron chi connectivity index (χ4n) is 4.80. The second-order valence-corrected chi connectivity index (χ2v) is 10.4. The van der Waals surface area contributed by atoms with Crippen LogP contribution in [0.1, 0.15) is 60.8 Å². The summed E-state index contributed by atoms with van der Waals surface area (Å²) in [6, 6.07) is 17.4. The summed E-state index contributed by atoms with van der Waals surface area (Å²) < 4.78 is 15.9. The number of benzene rings is 3. The summed E-state index contributed by atoms with van der Waals surface area (Å²) in [6.07, 6.45) is 0. The van der Waals surface area contributed by atoms with Crippen molar-refractivity contribution in [3.8, 4) is 11.5 Å². The Labute approximate surface area is 233 Å². The van der Waals surface area contributed by atoms with Crippen LogP contribution in [-0.2, 0) is 19.7 Å². The van der Waals surface area contributed by atoms with Crippen LogP contribution in [0.25, 0.3) is 5.76 Å². The molecule has 1 saturated heterocycles. The molecule has 0 bridgehead atoms. The van der Waals surface area contributed by atoms with Gasteiger partial charge < -0.3 is 19.3 Å². The molecule has 0 saturated carbocycles. The number of carbonyl (C=O) groups excluding carboxylic acids is 3. The van der Waals surface area contributed by atoms with Crippen LogP contribution in [0.5, 0.6) is 11.5 Å². The van der Waals surface area contributed by atoms with Crippen LogP contribution < -0.4 is 14.4 Å². The van der Waals surface area contributed by atoms with Crippen LogP contribution in [0.15, 0.2) is 72.3 Å². The first kappa shape index (κ1) is 28.4. The van der Waals surface area contributed by atoms with Gasteiger partial charge in [0.25, 0.3) is 11.7 Å². The number of anilines is 1. The summed E-state index contributed by atoms with van der Waals surface area (Å²) in [5.41, 5.74) is 1.95. The molecule has 1 aliphatic heterocycles. The van der Waals surface area contributed by atoms with E-state index in [1.807, 2.05) is 27.7 Å². The zero-order chi connectivity index (χ0) is 29.2. The lowest BCUT2D eigenvalue weighted by atomic mass is 9.84. The molecule has 0 spiro atoms. The Morgan fingerprint density at radius 1 is 0.950 bits per heavy atom. The molecule has 1 heterocycles. The Morgan fingerprint density at radius 3 is 2.25 bits per heavy atom. The highest BCUT2D eigenvalue weighted by atomic mass is 16.5. The van der Waals surface area contributed by atoms with Crippen LogP contribution in [0.3, 0.4) is 0 Å². The molecule has 3 aromatic carbocycles. The number of ketones is 1. The van der Waals surface area contributed by atoms with E-state index >= 15 is 0 Å². The largest absolute Gasteiger partial charge is 0.507 e. The molecule has 4 rings (SSSR count). The van der Waals surface area contributed by atoms with E-state index in [1.54, 1.807) is 60.7 Å². The molecule has 1 atom stereocenters. The van der Waals surface area contributed by atoms with Crippen molar-refractivity contribution >= 4 is 29.1 Å². The van der Waals surface area contributed by atoms with Crippen molar-refractivity contribution in [1.29, 1.82) is 0 Å². The first-order valence-electron chi connectivity index (χ1n) is 12.9. The number of hydrogen-bond donors (Lipinski definition) is 1. The normalized spacial score (nSPS) is 16.6. The SMILES string of the molecule is CCOc1ccc(/C(O)=C2/C(=O)C(=O)N(c3cccc(C(=O)OC)c3)C2c2ccc(OC)cc2)cc1C(C)(C)C. The van der Waals surface area contributed by atoms with E-state index in [-0.39, 0.29) is 22.3 Å². The van der Waals surface area contributed by atoms with Crippen molar-refractivity contribution in [2.75, 3.05) is 25.7 Å². The van der Waals surface area contributed by atoms with Gasteiger partial charge in [-0.3, -0.25) is 14.5 Å². The van der Waals surface area contributed by atoms with Crippen molar-refractivity contribution in [2.24, 2.45) is 0 Å². The third-order valence-electron chi connectivity index (χ3n) is 6.78. The van der Waals surface area contributed by atoms with Gasteiger partial charge in [-0.2, -0.15) is 0 Å². The summed E-state index contributed by atoms with van der Waals surface area (Å²) in [4.78, 5) is 40.7. The third-order valence-corrected chi connectivity index (χ3v) is 6.78. The lowest BCUT2D eigenvalue weighted by molar-refractivity contribution is -0.132. The summed E-state index contributed by atoms with van der Waals surface area (Å²) in [7, 11) is 2.80. The van der Waals surface area contributed by atoms with Gasteiger partial charge in [0, 0.05) is 16.8 Å². The van der Waals surface area contributed by atoms with Crippen molar-refractivity contribution in [1.82, 2.24) is 0 Å². The molecule has 8 nitrogen and oxygen atoms in total. The van der Waals surface area contributed by atoms with E-state index in [0.717, 1.165) is 5.56 Å². The molecule has 1 N–H and O–H groups in total. The third kappa shape index (κ3) is 5.30. The lowest BCUT2D eigenvalue weighted by Gasteiger charge is -2.26. The van der Waals surface area contributed by atoms with E-state index in [1.165, 1.54) is 25.2 Å². The Hall–Kier alpha value is -4.59. The van der Waals surface area contributed by atoms with Gasteiger partial charge >= 0.3 is 5.97 Å². The van der Waals surface area contributed by atoms with Gasteiger partial charge in [0.1, 0.15) is 17.3 Å². The number of hydrogen-bond acceptors (Lipinski definition) is 7. The highest BCUT2D eigenvalue weighted by molar-refractivity contribution is 6.51. The molecular formula is C32H33NO7. The van der Waals surface area contributed by atoms with Crippen molar-refractivity contribution in [2.45, 2.75) is 39.2 Å². The molecule has 40 heavy (non-hydrogen) atoms. The van der Waals surface area contributed by atoms with Crippen molar-refractivity contribution in [3.63, 3.8) is 0 Å². The number of rotatable bonds is 7. The molecule has 1 aliphatic rings. The maximum Gasteiger partial charge on any atom is 0.337 e. The first-order chi connectivity index (χ1) is 19.0. The molecular weight excluding hydrogens is 510 g/mol. The summed E-state index contributed by atoms with van der Waals surface area (Å²) in [5.74, 6) is -1.28. The molecule has 0 aliphatic carbocycles. The lowest BCUT2D eigenvalue weighted by Crippen LogP contribution is -2.29. The van der Waals surface area contributed by atoms with E-state index in [0.29, 0.717) is 34.9 Å². The second kappa shape index (κ2) is 11.3. The zero-order valence-electron chi connectivity index (χ0n) is 23.5. The number of amides is 1. The van der Waals surface area contributed by atoms with Gasteiger partial charge in [-0.15, -0.1) is 0 Å². The number of nitrogens with zero attached hydrogens (tertiary/aromatic N) is 1. The fourth-order valence-corrected chi connectivity index (χ4v) is 4.80. The average Bonchev–Trinajstić information content (AvgIpc) is 3.22. The molecule has 0 radical (unpaired) electrons. The van der Waals surface area contributed by atoms with Gasteiger partial charge in [0.05, 0.1) is 38.0 Å². The predicted octanol–water partition coefficient (Wildman–Crippen LogP) is 5.80. The molecule has 8 heteroatoms. The van der Waals surface area contributed by atoms with E-state index in [4.69, 9.17) is 14.2 Å². The number of esters is 1. The predicted molar refractivity (Wildman–Crippen MR) is 152 cm³/mol. The quantitative estimate of drug-likeness (QED) is 0.174. The first-order valence-corrected chi connectivity index (χ1v) is 12.9. The minimum Gasteiger partial charge on any atom is -0.507 e. The van der Waals surface area contributed by atoms with Crippen molar-refractivity contribution in [3.05, 3.63) is 94.6 Å². The number of methoxy groups -OCH3 is 2. The van der Waals surface area contributed by atoms with Crippen LogP contribution in [0, 0.1) is 0 Å². The van der Waals surface area contributed by atoms with E-state index in [9.17, 15) is 19.5 Å². The van der Waals surface area contributed by atoms with Gasteiger partial charge in [0.15, 0.2) is 0 Å². The molecule has 0 aromatic heterocycles. The fraction of sp³-hybridized carbons (Fsp3) is 0.281. The Kier molecular flexibility index (Phi) is 8.00. The van der Waals surface area contributed by atoms with Crippen molar-refractivity contribution < 1.29 is 33.7 Å². The number of aliphatic hydroxyl groups excluding tert-OH is 1. The zero-order valence-corrected chi connectivity index (χ0v) is 23.5. The number of Topliss-reactive ketones (excluding diaryl/α,β-unsaturated/α-hetero) is 1. The molecule has 1 unspecified atom stereocenters. The van der Waals surface area contributed by atoms with E-state index in [2.05, 4.69) is 0 Å². The average molecular weight is 544 g/mol. The second-order valence-electron chi connectivity index (χ2n) is 10.4. The minimum atomic E-state index is -0.969. The molecule has 3 aromatic rings. The van der Waals surface area contributed by atoms with Gasteiger partial charge in [-0.1, -0.05) is 39.0 Å². The minimum absolute atomic E-state index is 0.0670. The topological polar surface area (TPSA) is 102 Å². The molecule has 1 fully saturated rings. The number of carbonyl (C=O) groups is 3. The standard InChI is InChI=1S/C32H33NO7/c1-7-40-25-16-13-20(18-24(25)32(2,3)4)28(34)26-27(19-11-14-23(38-5)15-12-19)33(30(36)29(26)35)22-10-8-9-21(17-22)31(37)39-6/h8-18,27,34H,7H2,1-6H3/b28-26-. The van der Waals surface area contributed by atoms with Gasteiger partial charge in [0.2, 0.25) is 0 Å². The highest BCUT2D eigenvalue weighted by Crippen LogP contribution is 2.43. The maximum absolute atomic E-state index is 13.6. The van der Waals surface area contributed by atoms with E-state index < -0.39 is 23.7 Å². The number of ether oxygens (including phenoxy) is 3. The Bertz CT molecular complexity index is 1480. The molecule has 208 valence electrons. The van der Waals surface area contributed by atoms with Crippen LogP contribution in [-0.4, -0.2) is 43.6 Å². The highest BCUT2D eigenvalue weighted by Gasteiger charge is 2.47. The Morgan fingerprint density at radius 2 is 1.65 bits per heavy atom. The maximum atomic E-state index is 13.6. The number of aliphatic hydroxyl groups is 1. The van der Waals surface area contributed by atoms with Gasteiger partial charge in [-0.05, 0) is 66.4 Å². The smallest absolute Gasteiger partial charge is 0.337 e. The van der Waals surface area contributed by atoms with Crippen LogP contribution in [0.2, 0.25) is 0 Å². The molecule has 1 amide bonds. The summed E-state index contributed by atoms with van der Waals surface area (Å²) >= 11 is 0. The van der Waals surface area contributed by atoms with Crippen LogP contribution in [0.4, 0.5) is 5.69 Å².